The normalized spacial score (nSPS) is 9.95. The van der Waals surface area contributed by atoms with Gasteiger partial charge >= 0.3 is 5.97 Å². The number of esters is 1. The van der Waals surface area contributed by atoms with Crippen LogP contribution in [0.4, 0.5) is 0 Å². The first-order valence-electron chi connectivity index (χ1n) is 6.19. The maximum atomic E-state index is 10.7. The Labute approximate surface area is 114 Å². The molecule has 0 N–H and O–H groups in total. The zero-order valence-electron chi connectivity index (χ0n) is 11.1. The molecular weight excluding hydrogens is 240 g/mol. The van der Waals surface area contributed by atoms with Gasteiger partial charge in [-0.3, -0.25) is 0 Å². The van der Waals surface area contributed by atoms with Gasteiger partial charge in [0.05, 0.1) is 13.7 Å². The highest BCUT2D eigenvalue weighted by atomic mass is 16.5. The van der Waals surface area contributed by atoms with Crippen LogP contribution < -0.4 is 0 Å². The average molecular weight is 258 g/mol. The fraction of sp³-hybridized carbons (Fsp3) is 0.312. The SMILES string of the molecule is COC(=O)C#CCCCOC/C=C/c1ccccc1. The molecule has 3 heteroatoms. The van der Waals surface area contributed by atoms with Crippen LogP contribution in [-0.4, -0.2) is 26.3 Å². The van der Waals surface area contributed by atoms with Crippen LogP contribution in [-0.2, 0) is 14.3 Å². The Morgan fingerprint density at radius 2 is 2.11 bits per heavy atom. The van der Waals surface area contributed by atoms with Gasteiger partial charge in [0.1, 0.15) is 0 Å². The minimum Gasteiger partial charge on any atom is -0.459 e. The second-order valence-electron chi connectivity index (χ2n) is 3.78. The molecular formula is C16H18O3. The Balaban J connectivity index is 2.04. The summed E-state index contributed by atoms with van der Waals surface area (Å²) in [5, 5.41) is 0. The third-order valence-corrected chi connectivity index (χ3v) is 2.29. The summed E-state index contributed by atoms with van der Waals surface area (Å²) >= 11 is 0. The number of unbranched alkanes of at least 4 members (excludes halogenated alkanes) is 1. The fourth-order valence-electron chi connectivity index (χ4n) is 1.35. The molecule has 0 heterocycles. The van der Waals surface area contributed by atoms with Gasteiger partial charge < -0.3 is 9.47 Å². The van der Waals surface area contributed by atoms with Gasteiger partial charge in [-0.25, -0.2) is 4.79 Å². The van der Waals surface area contributed by atoms with Crippen molar-refractivity contribution in [3.8, 4) is 11.8 Å². The molecule has 0 saturated carbocycles. The number of carbonyl (C=O) groups excluding carboxylic acids is 1. The van der Waals surface area contributed by atoms with Gasteiger partial charge in [0.2, 0.25) is 0 Å². The number of methoxy groups -OCH3 is 1. The van der Waals surface area contributed by atoms with Crippen LogP contribution in [0, 0.1) is 11.8 Å². The van der Waals surface area contributed by atoms with E-state index in [2.05, 4.69) is 16.6 Å². The maximum absolute atomic E-state index is 10.7. The Morgan fingerprint density at radius 3 is 2.84 bits per heavy atom. The molecule has 0 amide bonds. The molecule has 1 aromatic rings. The maximum Gasteiger partial charge on any atom is 0.384 e. The molecule has 100 valence electrons. The minimum absolute atomic E-state index is 0.494. The lowest BCUT2D eigenvalue weighted by molar-refractivity contribution is -0.133. The summed E-state index contributed by atoms with van der Waals surface area (Å²) in [6, 6.07) is 10.1. The van der Waals surface area contributed by atoms with Gasteiger partial charge in [0, 0.05) is 18.9 Å². The van der Waals surface area contributed by atoms with E-state index in [-0.39, 0.29) is 0 Å². The van der Waals surface area contributed by atoms with Crippen LogP contribution in [0.25, 0.3) is 6.08 Å². The summed E-state index contributed by atoms with van der Waals surface area (Å²) in [7, 11) is 1.32. The molecule has 0 unspecified atom stereocenters. The van der Waals surface area contributed by atoms with E-state index in [9.17, 15) is 4.79 Å². The number of carbonyl (C=O) groups is 1. The van der Waals surface area contributed by atoms with Crippen molar-refractivity contribution in [3.05, 3.63) is 42.0 Å². The smallest absolute Gasteiger partial charge is 0.384 e. The van der Waals surface area contributed by atoms with E-state index in [1.54, 1.807) is 0 Å². The molecule has 0 radical (unpaired) electrons. The third kappa shape index (κ3) is 7.80. The van der Waals surface area contributed by atoms with Crippen LogP contribution >= 0.6 is 0 Å². The van der Waals surface area contributed by atoms with Crippen LogP contribution in [0.15, 0.2) is 36.4 Å². The molecule has 0 bridgehead atoms. The van der Waals surface area contributed by atoms with Gasteiger partial charge in [0.15, 0.2) is 0 Å². The van der Waals surface area contributed by atoms with Crippen LogP contribution in [0.3, 0.4) is 0 Å². The summed E-state index contributed by atoms with van der Waals surface area (Å²) in [4.78, 5) is 10.7. The van der Waals surface area contributed by atoms with E-state index >= 15 is 0 Å². The predicted octanol–water partition coefficient (Wildman–Crippen LogP) is 2.67. The van der Waals surface area contributed by atoms with Crippen molar-refractivity contribution in [1.82, 2.24) is 0 Å². The standard InChI is InChI=1S/C16H18O3/c1-18-16(17)12-6-3-7-13-19-14-8-11-15-9-4-2-5-10-15/h2,4-5,8-11H,3,7,13-14H2,1H3/b11-8+. The topological polar surface area (TPSA) is 35.5 Å². The lowest BCUT2D eigenvalue weighted by atomic mass is 10.2. The Hall–Kier alpha value is -2.05. The summed E-state index contributed by atoms with van der Waals surface area (Å²) in [5.74, 6) is 4.61. The molecule has 0 atom stereocenters. The Bertz CT molecular complexity index is 452. The minimum atomic E-state index is -0.494. The van der Waals surface area contributed by atoms with Crippen molar-refractivity contribution in [3.63, 3.8) is 0 Å². The summed E-state index contributed by atoms with van der Waals surface area (Å²) in [5.41, 5.74) is 1.16. The highest BCUT2D eigenvalue weighted by Crippen LogP contribution is 2.00. The van der Waals surface area contributed by atoms with Gasteiger partial charge in [-0.1, -0.05) is 48.4 Å². The average Bonchev–Trinajstić information content (AvgIpc) is 2.46. The van der Waals surface area contributed by atoms with Crippen LogP contribution in [0.2, 0.25) is 0 Å². The van der Waals surface area contributed by atoms with Crippen molar-refractivity contribution in [2.75, 3.05) is 20.3 Å². The number of hydrogen-bond acceptors (Lipinski definition) is 3. The summed E-state index contributed by atoms with van der Waals surface area (Å²) in [6.07, 6.45) is 5.45. The number of benzene rings is 1. The van der Waals surface area contributed by atoms with Crippen molar-refractivity contribution in [2.24, 2.45) is 0 Å². The quantitative estimate of drug-likeness (QED) is 0.340. The van der Waals surface area contributed by atoms with E-state index in [0.29, 0.717) is 19.6 Å². The van der Waals surface area contributed by atoms with Crippen molar-refractivity contribution in [1.29, 1.82) is 0 Å². The molecule has 0 aliphatic carbocycles. The highest BCUT2D eigenvalue weighted by Gasteiger charge is 1.89. The van der Waals surface area contributed by atoms with Gasteiger partial charge in [-0.15, -0.1) is 0 Å². The van der Waals surface area contributed by atoms with E-state index < -0.39 is 5.97 Å². The summed E-state index contributed by atoms with van der Waals surface area (Å²) < 4.78 is 9.82. The molecule has 1 aromatic carbocycles. The molecule has 0 saturated heterocycles. The molecule has 3 nitrogen and oxygen atoms in total. The molecule has 0 fully saturated rings. The van der Waals surface area contributed by atoms with Crippen LogP contribution in [0.5, 0.6) is 0 Å². The summed E-state index contributed by atoms with van der Waals surface area (Å²) in [6.45, 7) is 1.22. The Kier molecular flexibility index (Phi) is 7.84. The Morgan fingerprint density at radius 1 is 1.32 bits per heavy atom. The first-order chi connectivity index (χ1) is 9.33. The van der Waals surface area contributed by atoms with E-state index in [1.807, 2.05) is 42.5 Å². The first-order valence-corrected chi connectivity index (χ1v) is 6.19. The molecule has 0 aliphatic rings. The zero-order chi connectivity index (χ0) is 13.8. The number of ether oxygens (including phenoxy) is 2. The molecule has 19 heavy (non-hydrogen) atoms. The van der Waals surface area contributed by atoms with E-state index in [1.165, 1.54) is 7.11 Å². The lowest BCUT2D eigenvalue weighted by Gasteiger charge is -1.97. The van der Waals surface area contributed by atoms with Crippen molar-refractivity contribution >= 4 is 12.0 Å². The molecule has 1 rings (SSSR count). The van der Waals surface area contributed by atoms with Gasteiger partial charge in [0.25, 0.3) is 0 Å². The second kappa shape index (κ2) is 9.93. The highest BCUT2D eigenvalue weighted by molar-refractivity contribution is 5.88. The second-order valence-corrected chi connectivity index (χ2v) is 3.78. The van der Waals surface area contributed by atoms with Crippen LogP contribution in [0.1, 0.15) is 18.4 Å². The molecule has 0 aromatic heterocycles. The third-order valence-electron chi connectivity index (χ3n) is 2.29. The van der Waals surface area contributed by atoms with E-state index in [4.69, 9.17) is 4.74 Å². The monoisotopic (exact) mass is 258 g/mol. The number of rotatable bonds is 6. The van der Waals surface area contributed by atoms with Crippen molar-refractivity contribution < 1.29 is 14.3 Å². The zero-order valence-corrected chi connectivity index (χ0v) is 11.1. The van der Waals surface area contributed by atoms with Crippen molar-refractivity contribution in [2.45, 2.75) is 12.8 Å². The fourth-order valence-corrected chi connectivity index (χ4v) is 1.35. The molecule has 0 aliphatic heterocycles. The number of hydrogen-bond donors (Lipinski definition) is 0. The first kappa shape index (κ1) is 15.0. The molecule has 0 spiro atoms. The predicted molar refractivity (Wildman–Crippen MR) is 75.3 cm³/mol. The van der Waals surface area contributed by atoms with E-state index in [0.717, 1.165) is 12.0 Å². The van der Waals surface area contributed by atoms with Gasteiger partial charge in [-0.05, 0) is 12.0 Å². The lowest BCUT2D eigenvalue weighted by Crippen LogP contribution is -1.95. The van der Waals surface area contributed by atoms with Gasteiger partial charge in [-0.2, -0.15) is 0 Å². The largest absolute Gasteiger partial charge is 0.459 e.